The van der Waals surface area contributed by atoms with Gasteiger partial charge in [-0.1, -0.05) is 74.8 Å². The Bertz CT molecular complexity index is 1150. The maximum absolute atomic E-state index is 13.4. The molecule has 0 atom stereocenters. The van der Waals surface area contributed by atoms with E-state index in [-0.39, 0.29) is 36.4 Å². The van der Waals surface area contributed by atoms with E-state index in [2.05, 4.69) is 20.8 Å². The number of alkyl halides is 3. The van der Waals surface area contributed by atoms with Crippen LogP contribution in [0, 0.1) is 0 Å². The minimum absolute atomic E-state index is 0.00717. The number of nitrogens with zero attached hydrogens (tertiary/aromatic N) is 1. The zero-order chi connectivity index (χ0) is 25.1. The van der Waals surface area contributed by atoms with Gasteiger partial charge in [0.15, 0.2) is 0 Å². The summed E-state index contributed by atoms with van der Waals surface area (Å²) < 4.78 is 39.3. The lowest BCUT2D eigenvalue weighted by atomic mass is 9.87. The Morgan fingerprint density at radius 3 is 2.21 bits per heavy atom. The van der Waals surface area contributed by atoms with Crippen LogP contribution in [0.15, 0.2) is 66.7 Å². The summed E-state index contributed by atoms with van der Waals surface area (Å²) in [5.74, 6) is -0.327. The fourth-order valence-electron chi connectivity index (χ4n) is 3.63. The molecule has 3 nitrogen and oxygen atoms in total. The second-order valence-corrected chi connectivity index (χ2v) is 9.79. The molecule has 0 unspecified atom stereocenters. The number of nitrogens with two attached hydrogens (primary N) is 1. The summed E-state index contributed by atoms with van der Waals surface area (Å²) in [5.41, 5.74) is 8.44. The lowest BCUT2D eigenvalue weighted by Crippen LogP contribution is -2.33. The van der Waals surface area contributed by atoms with Gasteiger partial charge < -0.3 is 10.6 Å². The van der Waals surface area contributed by atoms with Crippen LogP contribution in [0.4, 0.5) is 18.9 Å². The van der Waals surface area contributed by atoms with Gasteiger partial charge in [0.1, 0.15) is 0 Å². The highest BCUT2D eigenvalue weighted by Gasteiger charge is 2.30. The number of carbonyl (C=O) groups excluding carboxylic acids is 1. The fraction of sp³-hybridized carbons (Fsp3) is 0.296. The van der Waals surface area contributed by atoms with Crippen LogP contribution in [0.5, 0.6) is 0 Å². The van der Waals surface area contributed by atoms with Crippen molar-refractivity contribution >= 4 is 23.2 Å². The third kappa shape index (κ3) is 6.54. The zero-order valence-corrected chi connectivity index (χ0v) is 20.2. The molecule has 0 spiro atoms. The van der Waals surface area contributed by atoms with E-state index in [0.29, 0.717) is 16.3 Å². The molecule has 0 saturated heterocycles. The number of hydrogen-bond donors (Lipinski definition) is 1. The molecule has 7 heteroatoms. The van der Waals surface area contributed by atoms with Gasteiger partial charge in [0.25, 0.3) is 5.91 Å². The topological polar surface area (TPSA) is 46.3 Å². The average molecular weight is 489 g/mol. The summed E-state index contributed by atoms with van der Waals surface area (Å²) in [6.45, 7) is 6.86. The second kappa shape index (κ2) is 10.1. The van der Waals surface area contributed by atoms with Crippen LogP contribution in [-0.4, -0.2) is 17.4 Å². The highest BCUT2D eigenvalue weighted by Crippen LogP contribution is 2.30. The van der Waals surface area contributed by atoms with Crippen LogP contribution in [0.1, 0.15) is 53.4 Å². The van der Waals surface area contributed by atoms with Crippen molar-refractivity contribution in [1.29, 1.82) is 0 Å². The third-order valence-corrected chi connectivity index (χ3v) is 5.89. The molecule has 0 radical (unpaired) electrons. The second-order valence-electron chi connectivity index (χ2n) is 9.35. The maximum Gasteiger partial charge on any atom is 0.416 e. The predicted molar refractivity (Wildman–Crippen MR) is 131 cm³/mol. The van der Waals surface area contributed by atoms with E-state index in [1.807, 2.05) is 24.3 Å². The molecule has 3 rings (SSSR count). The average Bonchev–Trinajstić information content (AvgIpc) is 2.77. The molecule has 0 heterocycles. The first kappa shape index (κ1) is 25.6. The number of rotatable bonds is 6. The van der Waals surface area contributed by atoms with Gasteiger partial charge in [0.2, 0.25) is 0 Å². The Morgan fingerprint density at radius 1 is 0.912 bits per heavy atom. The molecule has 34 heavy (non-hydrogen) atoms. The Balaban J connectivity index is 1.87. The first-order chi connectivity index (χ1) is 15.8. The molecule has 180 valence electrons. The minimum Gasteiger partial charge on any atom is -0.398 e. The number of benzene rings is 3. The summed E-state index contributed by atoms with van der Waals surface area (Å²) in [6, 6.07) is 17.8. The highest BCUT2D eigenvalue weighted by atomic mass is 35.5. The van der Waals surface area contributed by atoms with Gasteiger partial charge in [0, 0.05) is 23.8 Å². The van der Waals surface area contributed by atoms with Crippen molar-refractivity contribution in [2.75, 3.05) is 12.3 Å². The van der Waals surface area contributed by atoms with Crippen LogP contribution in [0.3, 0.4) is 0 Å². The van der Waals surface area contributed by atoms with Crippen LogP contribution in [-0.2, 0) is 24.6 Å². The van der Waals surface area contributed by atoms with E-state index < -0.39 is 11.7 Å². The number of amides is 1. The van der Waals surface area contributed by atoms with Gasteiger partial charge in [-0.3, -0.25) is 4.79 Å². The maximum atomic E-state index is 13.4. The van der Waals surface area contributed by atoms with Crippen LogP contribution in [0.25, 0.3) is 0 Å². The van der Waals surface area contributed by atoms with E-state index >= 15 is 0 Å². The summed E-state index contributed by atoms with van der Waals surface area (Å²) in [6.07, 6.45) is -4.16. The minimum atomic E-state index is -4.42. The van der Waals surface area contributed by atoms with Gasteiger partial charge in [-0.15, -0.1) is 0 Å². The van der Waals surface area contributed by atoms with Gasteiger partial charge in [-0.25, -0.2) is 0 Å². The van der Waals surface area contributed by atoms with Crippen molar-refractivity contribution in [3.8, 4) is 0 Å². The van der Waals surface area contributed by atoms with Crippen molar-refractivity contribution < 1.29 is 18.0 Å². The third-order valence-electron chi connectivity index (χ3n) is 5.65. The molecule has 0 bridgehead atoms. The van der Waals surface area contributed by atoms with Crippen molar-refractivity contribution in [2.45, 2.75) is 45.3 Å². The largest absolute Gasteiger partial charge is 0.416 e. The van der Waals surface area contributed by atoms with Gasteiger partial charge in [-0.05, 0) is 52.8 Å². The van der Waals surface area contributed by atoms with Crippen molar-refractivity contribution in [1.82, 2.24) is 4.90 Å². The molecule has 0 aromatic heterocycles. The lowest BCUT2D eigenvalue weighted by Gasteiger charge is -2.25. The predicted octanol–water partition coefficient (Wildman–Crippen LogP) is 7.12. The molecule has 0 aliphatic heterocycles. The molecule has 0 aliphatic carbocycles. The van der Waals surface area contributed by atoms with E-state index in [4.69, 9.17) is 17.3 Å². The van der Waals surface area contributed by atoms with Crippen LogP contribution in [0.2, 0.25) is 5.02 Å². The molecular weight excluding hydrogens is 461 g/mol. The molecule has 0 saturated carbocycles. The standard InChI is InChI=1S/C27H28ClF3N2O/c1-26(2,3)20-9-7-19(8-10-20)17-33(25(34)23-16-22(28)11-12-24(23)32)14-13-18-5-4-6-21(15-18)27(29,30)31/h4-12,15-16H,13-14,17,32H2,1-3H3. The number of halogens is 4. The molecule has 1 amide bonds. The Kier molecular flexibility index (Phi) is 7.61. The normalized spacial score (nSPS) is 12.0. The van der Waals surface area contributed by atoms with Crippen LogP contribution < -0.4 is 5.73 Å². The number of anilines is 1. The molecule has 0 aliphatic rings. The van der Waals surface area contributed by atoms with Crippen molar-refractivity contribution in [3.05, 3.63) is 99.6 Å². The van der Waals surface area contributed by atoms with E-state index in [1.165, 1.54) is 12.1 Å². The number of hydrogen-bond acceptors (Lipinski definition) is 2. The molecule has 0 fully saturated rings. The van der Waals surface area contributed by atoms with E-state index in [0.717, 1.165) is 23.3 Å². The summed E-state index contributed by atoms with van der Waals surface area (Å²) in [4.78, 5) is 15.0. The van der Waals surface area contributed by atoms with Gasteiger partial charge in [0.05, 0.1) is 11.1 Å². The van der Waals surface area contributed by atoms with Crippen molar-refractivity contribution in [3.63, 3.8) is 0 Å². The Morgan fingerprint density at radius 2 is 1.59 bits per heavy atom. The van der Waals surface area contributed by atoms with E-state index in [1.54, 1.807) is 23.1 Å². The Labute approximate surface area is 203 Å². The SMILES string of the molecule is CC(C)(C)c1ccc(CN(CCc2cccc(C(F)(F)F)c2)C(=O)c2cc(Cl)ccc2N)cc1. The van der Waals surface area contributed by atoms with Crippen molar-refractivity contribution in [2.24, 2.45) is 0 Å². The smallest absolute Gasteiger partial charge is 0.398 e. The number of carbonyl (C=O) groups is 1. The zero-order valence-electron chi connectivity index (χ0n) is 19.4. The molecule has 2 N–H and O–H groups in total. The lowest BCUT2D eigenvalue weighted by molar-refractivity contribution is -0.137. The molecule has 3 aromatic rings. The molecule has 3 aromatic carbocycles. The Hall–Kier alpha value is -2.99. The molecular formula is C27H28ClF3N2O. The quantitative estimate of drug-likeness (QED) is 0.375. The van der Waals surface area contributed by atoms with Gasteiger partial charge in [-0.2, -0.15) is 13.2 Å². The van der Waals surface area contributed by atoms with E-state index in [9.17, 15) is 18.0 Å². The summed E-state index contributed by atoms with van der Waals surface area (Å²) >= 11 is 6.09. The van der Waals surface area contributed by atoms with Crippen LogP contribution >= 0.6 is 11.6 Å². The number of nitrogen functional groups attached to an aromatic ring is 1. The van der Waals surface area contributed by atoms with Gasteiger partial charge >= 0.3 is 6.18 Å². The fourth-order valence-corrected chi connectivity index (χ4v) is 3.81. The highest BCUT2D eigenvalue weighted by molar-refractivity contribution is 6.31. The summed E-state index contributed by atoms with van der Waals surface area (Å²) in [5, 5.41) is 0.380. The monoisotopic (exact) mass is 488 g/mol. The first-order valence-electron chi connectivity index (χ1n) is 10.9. The summed E-state index contributed by atoms with van der Waals surface area (Å²) in [7, 11) is 0. The first-order valence-corrected chi connectivity index (χ1v) is 11.3.